The van der Waals surface area contributed by atoms with Crippen LogP contribution in [0.3, 0.4) is 0 Å². The van der Waals surface area contributed by atoms with E-state index in [0.717, 1.165) is 34.8 Å². The van der Waals surface area contributed by atoms with Gasteiger partial charge in [0.2, 0.25) is 11.8 Å². The summed E-state index contributed by atoms with van der Waals surface area (Å²) >= 11 is 0. The van der Waals surface area contributed by atoms with Gasteiger partial charge in [0, 0.05) is 45.3 Å². The lowest BCUT2D eigenvalue weighted by molar-refractivity contribution is -0.135. The Kier molecular flexibility index (Phi) is 7.71. The van der Waals surface area contributed by atoms with E-state index in [1.165, 1.54) is 11.7 Å². The summed E-state index contributed by atoms with van der Waals surface area (Å²) in [6.07, 6.45) is 3.83. The van der Waals surface area contributed by atoms with Crippen LogP contribution in [-0.4, -0.2) is 61.7 Å². The highest BCUT2D eigenvalue weighted by Crippen LogP contribution is 2.31. The molecule has 182 valence electrons. The van der Waals surface area contributed by atoms with Crippen molar-refractivity contribution in [3.8, 4) is 5.75 Å². The van der Waals surface area contributed by atoms with E-state index in [-0.39, 0.29) is 35.6 Å². The van der Waals surface area contributed by atoms with Crippen LogP contribution in [0.5, 0.6) is 5.75 Å². The Hall–Kier alpha value is -2.27. The Bertz CT molecular complexity index is 1120. The van der Waals surface area contributed by atoms with E-state index >= 15 is 0 Å². The topological polar surface area (TPSA) is 81.1 Å². The molecule has 0 saturated carbocycles. The van der Waals surface area contributed by atoms with Gasteiger partial charge in [-0.15, -0.1) is 18.5 Å². The number of benzene rings is 1. The molecule has 0 aliphatic carbocycles. The Morgan fingerprint density at radius 3 is 2.44 bits per heavy atom. The Balaban J connectivity index is 1.64. The number of likely N-dealkylation sites (tertiary alicyclic amines) is 1. The van der Waals surface area contributed by atoms with Gasteiger partial charge < -0.3 is 19.3 Å². The monoisotopic (exact) mass is 503 g/mol. The third kappa shape index (κ3) is 4.77. The maximum absolute atomic E-state index is 13.5. The summed E-state index contributed by atoms with van der Waals surface area (Å²) in [4.78, 5) is 43.0. The van der Waals surface area contributed by atoms with E-state index in [0.29, 0.717) is 26.1 Å². The predicted molar refractivity (Wildman–Crippen MR) is 139 cm³/mol. The highest BCUT2D eigenvalue weighted by Gasteiger charge is 2.36. The van der Waals surface area contributed by atoms with E-state index < -0.39 is 6.04 Å². The number of methoxy groups -OCH3 is 2. The fourth-order valence-electron chi connectivity index (χ4n) is 4.92. The van der Waals surface area contributed by atoms with Gasteiger partial charge in [-0.05, 0) is 53.3 Å². The maximum Gasteiger partial charge on any atom is 0.275 e. The molecule has 3 unspecified atom stereocenters. The normalized spacial score (nSPS) is 19.1. The van der Waals surface area contributed by atoms with Crippen LogP contribution in [0, 0.1) is 0 Å². The largest absolute Gasteiger partial charge is 0.497 e. The zero-order chi connectivity index (χ0) is 24.4. The number of hydrogen-bond acceptors (Lipinski definition) is 5. The first kappa shape index (κ1) is 24.8. The molecule has 2 aromatic rings. The second-order valence-electron chi connectivity index (χ2n) is 8.73. The Morgan fingerprint density at radius 2 is 1.82 bits per heavy atom. The van der Waals surface area contributed by atoms with E-state index in [4.69, 9.17) is 9.47 Å². The van der Waals surface area contributed by atoms with Gasteiger partial charge in [0.05, 0.1) is 13.7 Å². The third-order valence-corrected chi connectivity index (χ3v) is 7.55. The molecular weight excluding hydrogens is 472 g/mol. The van der Waals surface area contributed by atoms with E-state index in [1.54, 1.807) is 35.2 Å². The lowest BCUT2D eigenvalue weighted by Gasteiger charge is -2.25. The molecule has 34 heavy (non-hydrogen) atoms. The Labute approximate surface area is 204 Å². The number of nitrogens with zero attached hydrogens (tertiary/aromatic N) is 3. The quantitative estimate of drug-likeness (QED) is 0.531. The molecule has 10 heteroatoms. The fraction of sp³-hybridized carbons (Fsp3) is 0.458. The lowest BCUT2D eigenvalue weighted by atomic mass is 9.98. The van der Waals surface area contributed by atoms with Crippen LogP contribution in [0.1, 0.15) is 36.8 Å². The third-order valence-electron chi connectivity index (χ3n) is 6.59. The van der Waals surface area contributed by atoms with Crippen molar-refractivity contribution in [1.82, 2.24) is 9.47 Å². The number of amides is 2. The van der Waals surface area contributed by atoms with Crippen LogP contribution in [0.25, 0.3) is 0 Å². The number of hydrogen-bond donors (Lipinski definition) is 0. The number of rotatable bonds is 7. The van der Waals surface area contributed by atoms with Gasteiger partial charge in [0.1, 0.15) is 17.5 Å². The molecule has 2 aliphatic heterocycles. The van der Waals surface area contributed by atoms with Crippen LogP contribution in [0.2, 0.25) is 0 Å². The first-order valence-corrected chi connectivity index (χ1v) is 12.5. The van der Waals surface area contributed by atoms with Crippen molar-refractivity contribution in [3.63, 3.8) is 0 Å². The molecule has 4 rings (SSSR count). The molecule has 8 nitrogen and oxygen atoms in total. The second-order valence-corrected chi connectivity index (χ2v) is 9.98. The average molecular weight is 503 g/mol. The summed E-state index contributed by atoms with van der Waals surface area (Å²) in [6, 6.07) is 6.46. The van der Waals surface area contributed by atoms with Gasteiger partial charge in [-0.3, -0.25) is 19.0 Å². The number of carbonyl (C=O) groups excluding carboxylic acids is 2. The van der Waals surface area contributed by atoms with E-state index in [1.807, 2.05) is 12.1 Å². The number of aromatic nitrogens is 1. The minimum atomic E-state index is -0.761. The lowest BCUT2D eigenvalue weighted by Crippen LogP contribution is -2.42. The van der Waals surface area contributed by atoms with Gasteiger partial charge in [-0.1, -0.05) is 0 Å². The molecule has 2 saturated heterocycles. The van der Waals surface area contributed by atoms with Crippen molar-refractivity contribution < 1.29 is 19.1 Å². The molecule has 2 aliphatic rings. The highest BCUT2D eigenvalue weighted by atomic mass is 31.0. The molecule has 2 amide bonds. The average Bonchev–Trinajstić information content (AvgIpc) is 3.47. The van der Waals surface area contributed by atoms with Crippen molar-refractivity contribution in [1.29, 1.82) is 0 Å². The molecule has 1 aromatic carbocycles. The summed E-state index contributed by atoms with van der Waals surface area (Å²) in [6.45, 7) is 1.86. The van der Waals surface area contributed by atoms with Crippen LogP contribution in [-0.2, 0) is 14.3 Å². The number of pyridine rings is 1. The molecule has 2 fully saturated rings. The number of ether oxygens (including phenoxy) is 2. The minimum Gasteiger partial charge on any atom is -0.497 e. The highest BCUT2D eigenvalue weighted by molar-refractivity contribution is 7.29. The van der Waals surface area contributed by atoms with Crippen molar-refractivity contribution in [2.75, 3.05) is 45.4 Å². The fourth-order valence-corrected chi connectivity index (χ4v) is 6.22. The first-order chi connectivity index (χ1) is 16.3. The summed E-state index contributed by atoms with van der Waals surface area (Å²) in [7, 11) is 8.58. The van der Waals surface area contributed by atoms with Crippen LogP contribution >= 0.6 is 18.5 Å². The zero-order valence-electron chi connectivity index (χ0n) is 19.5. The van der Waals surface area contributed by atoms with Crippen molar-refractivity contribution in [2.45, 2.75) is 31.2 Å². The van der Waals surface area contributed by atoms with Crippen LogP contribution in [0.15, 0.2) is 35.3 Å². The standard InChI is InChI=1S/C24H31N3O5P2/c1-31-14-18(23(29)25-7-3-4-8-25)26-9-5-6-17(24(26)30)27-13-15(10-21(27)28)22-19(33)11-16(32-2)12-20(22)34/h5-6,9,11-12,15,18H,3-4,7-8,10,13-14,33-34H2,1-2H3/t15-,18?/m0/s1. The smallest absolute Gasteiger partial charge is 0.275 e. The minimum absolute atomic E-state index is 0.0625. The Morgan fingerprint density at radius 1 is 1.15 bits per heavy atom. The SMILES string of the molecule is COCC(C(=O)N1CCCC1)n1cccc(N2C[C@@H](c3c(P)cc(OC)cc3P)CC2=O)c1=O. The van der Waals surface area contributed by atoms with Crippen molar-refractivity contribution >= 4 is 46.6 Å². The molecule has 4 atom stereocenters. The van der Waals surface area contributed by atoms with E-state index in [2.05, 4.69) is 18.5 Å². The summed E-state index contributed by atoms with van der Waals surface area (Å²) in [5.41, 5.74) is 0.969. The van der Waals surface area contributed by atoms with Gasteiger partial charge in [0.25, 0.3) is 5.56 Å². The molecule has 1 aromatic heterocycles. The van der Waals surface area contributed by atoms with E-state index in [9.17, 15) is 14.4 Å². The first-order valence-electron chi connectivity index (χ1n) is 11.4. The summed E-state index contributed by atoms with van der Waals surface area (Å²) < 4.78 is 12.1. The predicted octanol–water partition coefficient (Wildman–Crippen LogP) is 1.19. The van der Waals surface area contributed by atoms with Gasteiger partial charge in [-0.2, -0.15) is 0 Å². The van der Waals surface area contributed by atoms with Gasteiger partial charge in [-0.25, -0.2) is 0 Å². The summed E-state index contributed by atoms with van der Waals surface area (Å²) in [5.74, 6) is 0.451. The second kappa shape index (κ2) is 10.6. The van der Waals surface area contributed by atoms with Crippen LogP contribution < -0.4 is 25.8 Å². The van der Waals surface area contributed by atoms with Crippen molar-refractivity contribution in [3.05, 3.63) is 46.4 Å². The van der Waals surface area contributed by atoms with Gasteiger partial charge in [0.15, 0.2) is 0 Å². The number of anilines is 1. The maximum atomic E-state index is 13.5. The molecule has 0 bridgehead atoms. The molecule has 0 radical (unpaired) electrons. The molecule has 0 N–H and O–H groups in total. The van der Waals surface area contributed by atoms with Crippen LogP contribution in [0.4, 0.5) is 5.69 Å². The molecule has 0 spiro atoms. The van der Waals surface area contributed by atoms with Gasteiger partial charge >= 0.3 is 0 Å². The van der Waals surface area contributed by atoms with Crippen molar-refractivity contribution in [2.24, 2.45) is 0 Å². The summed E-state index contributed by atoms with van der Waals surface area (Å²) in [5, 5.41) is 1.93. The number of carbonyl (C=O) groups is 2. The zero-order valence-corrected chi connectivity index (χ0v) is 21.8. The molecule has 3 heterocycles. The molecular formula is C24H31N3O5P2.